The maximum absolute atomic E-state index is 12.5. The standard InChI is InChI=1S/C16H17ClN2O2/c17-13-5-3-4-12(10-13)11-16(21)19(8-9-20)15-7-2-1-6-14(15)18/h1-7,10,20H,8-9,11,18H2. The van der Waals surface area contributed by atoms with Crippen LogP contribution in [0.15, 0.2) is 48.5 Å². The Bertz CT molecular complexity index is 631. The number of carbonyl (C=O) groups excluding carboxylic acids is 1. The number of halogens is 1. The molecular formula is C16H17ClN2O2. The molecular weight excluding hydrogens is 288 g/mol. The molecule has 2 rings (SSSR count). The smallest absolute Gasteiger partial charge is 0.231 e. The summed E-state index contributed by atoms with van der Waals surface area (Å²) in [6, 6.07) is 14.3. The maximum Gasteiger partial charge on any atom is 0.231 e. The molecule has 21 heavy (non-hydrogen) atoms. The van der Waals surface area contributed by atoms with Gasteiger partial charge in [0.1, 0.15) is 0 Å². The summed E-state index contributed by atoms with van der Waals surface area (Å²) in [5.74, 6) is -0.135. The second-order valence-corrected chi connectivity index (χ2v) is 5.07. The van der Waals surface area contributed by atoms with E-state index >= 15 is 0 Å². The summed E-state index contributed by atoms with van der Waals surface area (Å²) in [5, 5.41) is 9.78. The number of aliphatic hydroxyl groups is 1. The van der Waals surface area contributed by atoms with Crippen molar-refractivity contribution in [3.8, 4) is 0 Å². The average Bonchev–Trinajstić information content (AvgIpc) is 2.45. The molecule has 5 heteroatoms. The molecule has 0 aliphatic rings. The van der Waals surface area contributed by atoms with Crippen molar-refractivity contribution in [2.24, 2.45) is 0 Å². The number of carbonyl (C=O) groups is 1. The van der Waals surface area contributed by atoms with Crippen LogP contribution in [0, 0.1) is 0 Å². The van der Waals surface area contributed by atoms with Gasteiger partial charge in [0.25, 0.3) is 0 Å². The average molecular weight is 305 g/mol. The van der Waals surface area contributed by atoms with Crippen LogP contribution in [0.25, 0.3) is 0 Å². The molecule has 0 aliphatic carbocycles. The monoisotopic (exact) mass is 304 g/mol. The second kappa shape index (κ2) is 7.11. The SMILES string of the molecule is Nc1ccccc1N(CCO)C(=O)Cc1cccc(Cl)c1. The van der Waals surface area contributed by atoms with Gasteiger partial charge >= 0.3 is 0 Å². The molecule has 1 amide bonds. The number of amides is 1. The number of rotatable bonds is 5. The van der Waals surface area contributed by atoms with E-state index in [-0.39, 0.29) is 25.5 Å². The highest BCUT2D eigenvalue weighted by atomic mass is 35.5. The molecule has 0 atom stereocenters. The lowest BCUT2D eigenvalue weighted by Gasteiger charge is -2.23. The van der Waals surface area contributed by atoms with Gasteiger partial charge in [-0.2, -0.15) is 0 Å². The topological polar surface area (TPSA) is 66.6 Å². The van der Waals surface area contributed by atoms with Gasteiger partial charge in [-0.05, 0) is 29.8 Å². The Balaban J connectivity index is 2.22. The summed E-state index contributed by atoms with van der Waals surface area (Å²) in [5.41, 5.74) is 7.85. The van der Waals surface area contributed by atoms with E-state index in [0.29, 0.717) is 16.4 Å². The largest absolute Gasteiger partial charge is 0.397 e. The van der Waals surface area contributed by atoms with Crippen LogP contribution in [0.3, 0.4) is 0 Å². The maximum atomic E-state index is 12.5. The second-order valence-electron chi connectivity index (χ2n) is 4.63. The van der Waals surface area contributed by atoms with Gasteiger partial charge in [0.15, 0.2) is 0 Å². The van der Waals surface area contributed by atoms with Gasteiger partial charge < -0.3 is 15.7 Å². The van der Waals surface area contributed by atoms with Crippen molar-refractivity contribution >= 4 is 28.9 Å². The van der Waals surface area contributed by atoms with Crippen LogP contribution in [-0.4, -0.2) is 24.2 Å². The number of anilines is 2. The molecule has 3 N–H and O–H groups in total. The molecule has 0 fully saturated rings. The molecule has 0 aromatic heterocycles. The third kappa shape index (κ3) is 3.97. The van der Waals surface area contributed by atoms with Crippen molar-refractivity contribution in [2.75, 3.05) is 23.8 Å². The minimum Gasteiger partial charge on any atom is -0.397 e. The van der Waals surface area contributed by atoms with Crippen molar-refractivity contribution in [2.45, 2.75) is 6.42 Å². The van der Waals surface area contributed by atoms with Crippen molar-refractivity contribution in [1.82, 2.24) is 0 Å². The number of benzene rings is 2. The van der Waals surface area contributed by atoms with Gasteiger partial charge in [-0.25, -0.2) is 0 Å². The highest BCUT2D eigenvalue weighted by Crippen LogP contribution is 2.23. The predicted molar refractivity (Wildman–Crippen MR) is 85.4 cm³/mol. The number of aliphatic hydroxyl groups excluding tert-OH is 1. The minimum atomic E-state index is -0.135. The van der Waals surface area contributed by atoms with E-state index < -0.39 is 0 Å². The normalized spacial score (nSPS) is 10.4. The number of nitrogen functional groups attached to an aromatic ring is 1. The van der Waals surface area contributed by atoms with Gasteiger partial charge in [0.05, 0.1) is 24.4 Å². The molecule has 0 saturated carbocycles. The van der Waals surface area contributed by atoms with E-state index in [1.165, 1.54) is 4.90 Å². The highest BCUT2D eigenvalue weighted by Gasteiger charge is 2.17. The molecule has 0 unspecified atom stereocenters. The van der Waals surface area contributed by atoms with Crippen LogP contribution in [0.2, 0.25) is 5.02 Å². The van der Waals surface area contributed by atoms with Crippen LogP contribution >= 0.6 is 11.6 Å². The quantitative estimate of drug-likeness (QED) is 0.834. The number of nitrogens with two attached hydrogens (primary N) is 1. The lowest BCUT2D eigenvalue weighted by atomic mass is 10.1. The molecule has 0 heterocycles. The third-order valence-electron chi connectivity index (χ3n) is 3.10. The summed E-state index contributed by atoms with van der Waals surface area (Å²) in [6.45, 7) is 0.0727. The Kier molecular flexibility index (Phi) is 5.20. The first kappa shape index (κ1) is 15.4. The van der Waals surface area contributed by atoms with E-state index in [1.807, 2.05) is 12.1 Å². The van der Waals surface area contributed by atoms with E-state index in [9.17, 15) is 9.90 Å². The Morgan fingerprint density at radius 3 is 2.62 bits per heavy atom. The van der Waals surface area contributed by atoms with Gasteiger partial charge in [0.2, 0.25) is 5.91 Å². The van der Waals surface area contributed by atoms with Gasteiger partial charge in [-0.3, -0.25) is 4.79 Å². The van der Waals surface area contributed by atoms with Crippen LogP contribution in [0.4, 0.5) is 11.4 Å². The van der Waals surface area contributed by atoms with E-state index in [4.69, 9.17) is 17.3 Å². The lowest BCUT2D eigenvalue weighted by molar-refractivity contribution is -0.118. The number of para-hydroxylation sites is 2. The lowest BCUT2D eigenvalue weighted by Crippen LogP contribution is -2.35. The fourth-order valence-corrected chi connectivity index (χ4v) is 2.34. The minimum absolute atomic E-state index is 0.129. The molecule has 2 aromatic rings. The Labute approximate surface area is 128 Å². The molecule has 0 bridgehead atoms. The zero-order chi connectivity index (χ0) is 15.2. The molecule has 0 saturated heterocycles. The van der Waals surface area contributed by atoms with Crippen molar-refractivity contribution in [3.63, 3.8) is 0 Å². The number of hydrogen-bond acceptors (Lipinski definition) is 3. The molecule has 110 valence electrons. The Morgan fingerprint density at radius 1 is 1.19 bits per heavy atom. The van der Waals surface area contributed by atoms with Gasteiger partial charge in [-0.15, -0.1) is 0 Å². The van der Waals surface area contributed by atoms with Crippen LogP contribution in [0.5, 0.6) is 0 Å². The predicted octanol–water partition coefficient (Wildman–Crippen LogP) is 2.49. The summed E-state index contributed by atoms with van der Waals surface area (Å²) in [4.78, 5) is 14.0. The Hall–Kier alpha value is -2.04. The van der Waals surface area contributed by atoms with Crippen molar-refractivity contribution < 1.29 is 9.90 Å². The fourth-order valence-electron chi connectivity index (χ4n) is 2.13. The summed E-state index contributed by atoms with van der Waals surface area (Å²) in [6.07, 6.45) is 0.203. The molecule has 0 spiro atoms. The highest BCUT2D eigenvalue weighted by molar-refractivity contribution is 6.30. The number of nitrogens with zero attached hydrogens (tertiary/aromatic N) is 1. The molecule has 0 aliphatic heterocycles. The first-order chi connectivity index (χ1) is 10.1. The third-order valence-corrected chi connectivity index (χ3v) is 3.33. The molecule has 2 aromatic carbocycles. The zero-order valence-corrected chi connectivity index (χ0v) is 12.3. The van der Waals surface area contributed by atoms with E-state index in [0.717, 1.165) is 5.56 Å². The zero-order valence-electron chi connectivity index (χ0n) is 11.5. The summed E-state index contributed by atoms with van der Waals surface area (Å²) in [7, 11) is 0. The summed E-state index contributed by atoms with van der Waals surface area (Å²) >= 11 is 5.93. The molecule has 4 nitrogen and oxygen atoms in total. The van der Waals surface area contributed by atoms with Crippen LogP contribution in [0.1, 0.15) is 5.56 Å². The first-order valence-corrected chi connectivity index (χ1v) is 7.00. The fraction of sp³-hybridized carbons (Fsp3) is 0.188. The summed E-state index contributed by atoms with van der Waals surface area (Å²) < 4.78 is 0. The van der Waals surface area contributed by atoms with E-state index in [1.54, 1.807) is 36.4 Å². The van der Waals surface area contributed by atoms with Gasteiger partial charge in [0, 0.05) is 11.6 Å². The van der Waals surface area contributed by atoms with Crippen molar-refractivity contribution in [1.29, 1.82) is 0 Å². The van der Waals surface area contributed by atoms with Gasteiger partial charge in [-0.1, -0.05) is 35.9 Å². The molecule has 0 radical (unpaired) electrons. The first-order valence-electron chi connectivity index (χ1n) is 6.62. The van der Waals surface area contributed by atoms with Crippen LogP contribution < -0.4 is 10.6 Å². The van der Waals surface area contributed by atoms with E-state index in [2.05, 4.69) is 0 Å². The number of hydrogen-bond donors (Lipinski definition) is 2. The van der Waals surface area contributed by atoms with Crippen molar-refractivity contribution in [3.05, 3.63) is 59.1 Å². The van der Waals surface area contributed by atoms with Crippen LogP contribution in [-0.2, 0) is 11.2 Å². The Morgan fingerprint density at radius 2 is 1.95 bits per heavy atom.